The Hall–Kier alpha value is -4.70. The van der Waals surface area contributed by atoms with Gasteiger partial charge in [-0.1, -0.05) is 162 Å². The minimum atomic E-state index is -1.46. The Kier molecular flexibility index (Phi) is 7.86. The molecule has 0 amide bonds. The van der Waals surface area contributed by atoms with Gasteiger partial charge < -0.3 is 10.0 Å². The van der Waals surface area contributed by atoms with Crippen LogP contribution in [0.2, 0.25) is 0 Å². The molecule has 0 unspecified atom stereocenters. The molecule has 2 nitrogen and oxygen atoms in total. The van der Waals surface area contributed by atoms with Crippen LogP contribution >= 0.6 is 0 Å². The van der Waals surface area contributed by atoms with Crippen LogP contribution in [0.3, 0.4) is 0 Å². The second kappa shape index (κ2) is 11.9. The van der Waals surface area contributed by atoms with E-state index >= 15 is 0 Å². The number of hydrogen-bond acceptors (Lipinski definition) is 2. The summed E-state index contributed by atoms with van der Waals surface area (Å²) >= 11 is 0. The van der Waals surface area contributed by atoms with Crippen LogP contribution in [-0.2, 0) is 5.41 Å². The monoisotopic (exact) mass is 558 g/mol. The molecule has 210 valence electrons. The molecule has 0 saturated heterocycles. The maximum atomic E-state index is 9.40. The Labute approximate surface area is 255 Å². The summed E-state index contributed by atoms with van der Waals surface area (Å²) in [6.07, 6.45) is 0. The Morgan fingerprint density at radius 1 is 0.349 bits per heavy atom. The highest BCUT2D eigenvalue weighted by atomic mass is 16.4. The number of benzene rings is 6. The molecule has 0 aliphatic heterocycles. The maximum absolute atomic E-state index is 9.40. The Morgan fingerprint density at radius 3 is 0.860 bits per heavy atom. The summed E-state index contributed by atoms with van der Waals surface area (Å²) in [5.74, 6) is 0. The summed E-state index contributed by atoms with van der Waals surface area (Å²) in [6.45, 7) is 6.41. The molecular formula is C40H35BO2. The minimum Gasteiger partial charge on any atom is -0.423 e. The third-order valence-electron chi connectivity index (χ3n) is 8.53. The predicted octanol–water partition coefficient (Wildman–Crippen LogP) is 8.01. The van der Waals surface area contributed by atoms with Gasteiger partial charge in [0.05, 0.1) is 5.41 Å². The average molecular weight is 559 g/mol. The smallest absolute Gasteiger partial charge is 0.423 e. The van der Waals surface area contributed by atoms with E-state index in [2.05, 4.69) is 142 Å². The first-order valence-electron chi connectivity index (χ1n) is 14.7. The topological polar surface area (TPSA) is 40.5 Å². The van der Waals surface area contributed by atoms with Gasteiger partial charge in [0.25, 0.3) is 0 Å². The van der Waals surface area contributed by atoms with Gasteiger partial charge in [-0.3, -0.25) is 0 Å². The fraction of sp³-hybridized carbons (Fsp3) is 0.100. The van der Waals surface area contributed by atoms with Gasteiger partial charge in [0, 0.05) is 0 Å². The van der Waals surface area contributed by atoms with Crippen molar-refractivity contribution in [3.63, 3.8) is 0 Å². The summed E-state index contributed by atoms with van der Waals surface area (Å²) in [5.41, 5.74) is 13.1. The van der Waals surface area contributed by atoms with Crippen LogP contribution in [0, 0.1) is 20.8 Å². The number of rotatable bonds is 7. The van der Waals surface area contributed by atoms with Crippen molar-refractivity contribution in [2.24, 2.45) is 0 Å². The molecule has 0 aromatic heterocycles. The Balaban J connectivity index is 1.44. The molecule has 43 heavy (non-hydrogen) atoms. The second-order valence-corrected chi connectivity index (χ2v) is 11.5. The highest BCUT2D eigenvalue weighted by Crippen LogP contribution is 2.45. The van der Waals surface area contributed by atoms with Crippen LogP contribution in [-0.4, -0.2) is 17.2 Å². The molecule has 0 radical (unpaired) electrons. The molecule has 0 heterocycles. The van der Waals surface area contributed by atoms with Gasteiger partial charge >= 0.3 is 7.12 Å². The molecular weight excluding hydrogens is 523 g/mol. The van der Waals surface area contributed by atoms with Crippen molar-refractivity contribution in [2.75, 3.05) is 0 Å². The largest absolute Gasteiger partial charge is 0.488 e. The first-order valence-corrected chi connectivity index (χ1v) is 14.7. The van der Waals surface area contributed by atoms with Crippen molar-refractivity contribution in [2.45, 2.75) is 26.2 Å². The zero-order valence-corrected chi connectivity index (χ0v) is 24.8. The van der Waals surface area contributed by atoms with E-state index in [0.717, 1.165) is 22.3 Å². The van der Waals surface area contributed by atoms with Gasteiger partial charge in [0.2, 0.25) is 0 Å². The van der Waals surface area contributed by atoms with E-state index < -0.39 is 12.5 Å². The average Bonchev–Trinajstić information content (AvgIpc) is 3.04. The van der Waals surface area contributed by atoms with Gasteiger partial charge in [-0.05, 0) is 70.7 Å². The molecule has 2 N–H and O–H groups in total. The summed E-state index contributed by atoms with van der Waals surface area (Å²) in [4.78, 5) is 0. The molecule has 6 aromatic rings. The van der Waals surface area contributed by atoms with Crippen LogP contribution < -0.4 is 5.46 Å². The predicted molar refractivity (Wildman–Crippen MR) is 180 cm³/mol. The van der Waals surface area contributed by atoms with E-state index in [4.69, 9.17) is 0 Å². The molecule has 0 saturated carbocycles. The maximum Gasteiger partial charge on any atom is 0.488 e. The normalized spacial score (nSPS) is 11.4. The lowest BCUT2D eigenvalue weighted by molar-refractivity contribution is 0.426. The minimum absolute atomic E-state index is 0.480. The van der Waals surface area contributed by atoms with E-state index in [1.807, 2.05) is 12.1 Å². The van der Waals surface area contributed by atoms with Crippen molar-refractivity contribution in [3.8, 4) is 22.3 Å². The summed E-state index contributed by atoms with van der Waals surface area (Å²) in [7, 11) is -1.46. The molecule has 0 fully saturated rings. The van der Waals surface area contributed by atoms with Gasteiger partial charge in [-0.2, -0.15) is 0 Å². The highest BCUT2D eigenvalue weighted by molar-refractivity contribution is 6.58. The van der Waals surface area contributed by atoms with Crippen molar-refractivity contribution in [1.29, 1.82) is 0 Å². The molecule has 0 spiro atoms. The standard InChI is InChI=1S/C40H35BO2/c1-28-4-18-35(19-5-28)40(36-20-6-29(2)7-21-36,37-22-8-30(3)9-23-37)38-24-14-33(15-25-38)31-10-12-32(13-11-31)34-16-26-39(27-17-34)41(42)43/h4-27,42-43H,1-3H3. The zero-order chi connectivity index (χ0) is 30.0. The third kappa shape index (κ3) is 5.58. The highest BCUT2D eigenvalue weighted by Gasteiger charge is 2.38. The van der Waals surface area contributed by atoms with Crippen LogP contribution in [0.25, 0.3) is 22.3 Å². The van der Waals surface area contributed by atoms with Crippen molar-refractivity contribution < 1.29 is 10.0 Å². The molecule has 0 atom stereocenters. The summed E-state index contributed by atoms with van der Waals surface area (Å²) in [5, 5.41) is 18.8. The SMILES string of the molecule is Cc1ccc(C(c2ccc(C)cc2)(c2ccc(C)cc2)c2ccc(-c3ccc(-c4ccc(B(O)O)cc4)cc3)cc2)cc1. The quantitative estimate of drug-likeness (QED) is 0.154. The number of aryl methyl sites for hydroxylation is 3. The van der Waals surface area contributed by atoms with E-state index in [1.54, 1.807) is 12.1 Å². The van der Waals surface area contributed by atoms with Crippen LogP contribution in [0.4, 0.5) is 0 Å². The summed E-state index contributed by atoms with van der Waals surface area (Å²) in [6, 6.07) is 51.8. The Bertz CT molecular complexity index is 1690. The molecule has 0 aliphatic carbocycles. The van der Waals surface area contributed by atoms with Gasteiger partial charge in [-0.15, -0.1) is 0 Å². The number of hydrogen-bond donors (Lipinski definition) is 2. The van der Waals surface area contributed by atoms with E-state index in [-0.39, 0.29) is 0 Å². The van der Waals surface area contributed by atoms with E-state index in [1.165, 1.54) is 38.9 Å². The lowest BCUT2D eigenvalue weighted by Gasteiger charge is -2.37. The zero-order valence-electron chi connectivity index (χ0n) is 24.8. The van der Waals surface area contributed by atoms with Crippen LogP contribution in [0.5, 0.6) is 0 Å². The van der Waals surface area contributed by atoms with Gasteiger partial charge in [0.15, 0.2) is 0 Å². The fourth-order valence-corrected chi connectivity index (χ4v) is 6.03. The van der Waals surface area contributed by atoms with Crippen molar-refractivity contribution in [1.82, 2.24) is 0 Å². The van der Waals surface area contributed by atoms with Crippen LogP contribution in [0.15, 0.2) is 146 Å². The van der Waals surface area contributed by atoms with Crippen molar-refractivity contribution in [3.05, 3.63) is 185 Å². The van der Waals surface area contributed by atoms with E-state index in [9.17, 15) is 10.0 Å². The van der Waals surface area contributed by atoms with Crippen LogP contribution in [0.1, 0.15) is 38.9 Å². The first-order chi connectivity index (χ1) is 20.8. The van der Waals surface area contributed by atoms with Crippen molar-refractivity contribution >= 4 is 12.6 Å². The fourth-order valence-electron chi connectivity index (χ4n) is 6.03. The summed E-state index contributed by atoms with van der Waals surface area (Å²) < 4.78 is 0. The molecule has 3 heteroatoms. The lowest BCUT2D eigenvalue weighted by atomic mass is 9.65. The van der Waals surface area contributed by atoms with Gasteiger partial charge in [-0.25, -0.2) is 0 Å². The second-order valence-electron chi connectivity index (χ2n) is 11.5. The third-order valence-corrected chi connectivity index (χ3v) is 8.53. The van der Waals surface area contributed by atoms with E-state index in [0.29, 0.717) is 5.46 Å². The Morgan fingerprint density at radius 2 is 0.581 bits per heavy atom. The molecule has 0 bridgehead atoms. The first kappa shape index (κ1) is 28.4. The van der Waals surface area contributed by atoms with Gasteiger partial charge in [0.1, 0.15) is 0 Å². The molecule has 6 aromatic carbocycles. The molecule has 6 rings (SSSR count). The molecule has 0 aliphatic rings. The lowest BCUT2D eigenvalue weighted by Crippen LogP contribution is -2.31.